The van der Waals surface area contributed by atoms with Crippen LogP contribution in [0, 0.1) is 5.92 Å². The van der Waals surface area contributed by atoms with Crippen LogP contribution in [0.15, 0.2) is 4.79 Å². The fourth-order valence-electron chi connectivity index (χ4n) is 4.46. The van der Waals surface area contributed by atoms with E-state index in [1.807, 2.05) is 0 Å². The van der Waals surface area contributed by atoms with Crippen LogP contribution in [0.4, 0.5) is 0 Å². The minimum absolute atomic E-state index is 0.0344. The zero-order chi connectivity index (χ0) is 21.1. The Morgan fingerprint density at radius 2 is 2.20 bits per heavy atom. The van der Waals surface area contributed by atoms with Crippen LogP contribution in [0.1, 0.15) is 49.4 Å². The van der Waals surface area contributed by atoms with Crippen molar-refractivity contribution in [3.63, 3.8) is 0 Å². The van der Waals surface area contributed by atoms with Crippen molar-refractivity contribution in [2.75, 3.05) is 32.8 Å². The van der Waals surface area contributed by atoms with Crippen molar-refractivity contribution in [1.29, 1.82) is 0 Å². The fraction of sp³-hybridized carbons (Fsp3) is 0.682. The van der Waals surface area contributed by atoms with Crippen LogP contribution < -0.4 is 10.9 Å². The molecular formula is C22H32N4O3S. The van der Waals surface area contributed by atoms with E-state index in [-0.39, 0.29) is 17.6 Å². The van der Waals surface area contributed by atoms with Gasteiger partial charge in [-0.1, -0.05) is 13.8 Å². The number of carbonyl (C=O) groups excluding carboxylic acids is 1. The Hall–Kier alpha value is -1.77. The van der Waals surface area contributed by atoms with Gasteiger partial charge in [0.15, 0.2) is 0 Å². The van der Waals surface area contributed by atoms with Crippen molar-refractivity contribution in [2.45, 2.75) is 58.5 Å². The minimum Gasteiger partial charge on any atom is -0.374 e. The maximum Gasteiger partial charge on any atom is 0.259 e. The summed E-state index contributed by atoms with van der Waals surface area (Å²) in [4.78, 5) is 37.0. The van der Waals surface area contributed by atoms with E-state index in [1.165, 1.54) is 16.9 Å². The van der Waals surface area contributed by atoms with Gasteiger partial charge in [0.05, 0.1) is 18.1 Å². The second kappa shape index (κ2) is 9.58. The Morgan fingerprint density at radius 3 is 3.03 bits per heavy atom. The minimum atomic E-state index is -0.0596. The normalized spacial score (nSPS) is 19.9. The van der Waals surface area contributed by atoms with E-state index >= 15 is 0 Å². The molecular weight excluding hydrogens is 400 g/mol. The molecule has 2 N–H and O–H groups in total. The smallest absolute Gasteiger partial charge is 0.259 e. The van der Waals surface area contributed by atoms with Gasteiger partial charge >= 0.3 is 0 Å². The number of rotatable bonds is 7. The van der Waals surface area contributed by atoms with Gasteiger partial charge in [0, 0.05) is 43.9 Å². The van der Waals surface area contributed by atoms with Crippen LogP contribution in [0.2, 0.25) is 0 Å². The first-order valence-electron chi connectivity index (χ1n) is 11.1. The van der Waals surface area contributed by atoms with Gasteiger partial charge in [0.2, 0.25) is 5.91 Å². The number of ether oxygens (including phenoxy) is 1. The molecule has 8 heteroatoms. The lowest BCUT2D eigenvalue weighted by Crippen LogP contribution is -2.48. The highest BCUT2D eigenvalue weighted by atomic mass is 32.1. The van der Waals surface area contributed by atoms with Crippen molar-refractivity contribution >= 4 is 27.5 Å². The molecule has 1 amide bonds. The third kappa shape index (κ3) is 5.10. The van der Waals surface area contributed by atoms with Crippen molar-refractivity contribution in [3.8, 4) is 0 Å². The lowest BCUT2D eigenvalue weighted by molar-refractivity contribution is -0.122. The van der Waals surface area contributed by atoms with Crippen molar-refractivity contribution < 1.29 is 9.53 Å². The van der Waals surface area contributed by atoms with Gasteiger partial charge in [0.1, 0.15) is 10.7 Å². The van der Waals surface area contributed by atoms with Crippen molar-refractivity contribution in [1.82, 2.24) is 20.2 Å². The predicted octanol–water partition coefficient (Wildman–Crippen LogP) is 2.27. The first-order valence-corrected chi connectivity index (χ1v) is 12.0. The molecule has 7 nitrogen and oxygen atoms in total. The maximum atomic E-state index is 12.6. The number of fused-ring (bicyclic) bond motifs is 3. The van der Waals surface area contributed by atoms with E-state index in [4.69, 9.17) is 4.74 Å². The lowest BCUT2D eigenvalue weighted by Gasteiger charge is -2.33. The summed E-state index contributed by atoms with van der Waals surface area (Å²) in [5.74, 6) is 1.19. The molecule has 1 aliphatic carbocycles. The molecule has 1 aliphatic heterocycles. The van der Waals surface area contributed by atoms with Crippen molar-refractivity contribution in [3.05, 3.63) is 26.6 Å². The third-order valence-corrected chi connectivity index (χ3v) is 7.02. The van der Waals surface area contributed by atoms with Crippen LogP contribution in [0.25, 0.3) is 10.2 Å². The Morgan fingerprint density at radius 1 is 1.37 bits per heavy atom. The molecule has 164 valence electrons. The van der Waals surface area contributed by atoms with Crippen LogP contribution in [0.3, 0.4) is 0 Å². The molecule has 0 aromatic carbocycles. The van der Waals surface area contributed by atoms with Gasteiger partial charge in [-0.15, -0.1) is 11.3 Å². The number of aromatic nitrogens is 2. The van der Waals surface area contributed by atoms with E-state index in [1.54, 1.807) is 11.3 Å². The summed E-state index contributed by atoms with van der Waals surface area (Å²) in [7, 11) is 0. The van der Waals surface area contributed by atoms with Gasteiger partial charge in [-0.05, 0) is 37.2 Å². The fourth-order valence-corrected chi connectivity index (χ4v) is 5.74. The van der Waals surface area contributed by atoms with E-state index in [0.717, 1.165) is 49.1 Å². The highest BCUT2D eigenvalue weighted by Crippen LogP contribution is 2.33. The third-order valence-electron chi connectivity index (χ3n) is 5.84. The molecule has 2 aromatic rings. The molecule has 3 heterocycles. The number of thiophene rings is 1. The average molecular weight is 433 g/mol. The molecule has 1 unspecified atom stereocenters. The number of hydrogen-bond donors (Lipinski definition) is 2. The summed E-state index contributed by atoms with van der Waals surface area (Å²) >= 11 is 1.64. The van der Waals surface area contributed by atoms with Crippen LogP contribution >= 0.6 is 11.3 Å². The average Bonchev–Trinajstić information content (AvgIpc) is 3.09. The molecule has 0 bridgehead atoms. The van der Waals surface area contributed by atoms with Crippen LogP contribution in [-0.2, 0) is 28.8 Å². The lowest BCUT2D eigenvalue weighted by atomic mass is 9.97. The molecule has 1 saturated heterocycles. The van der Waals surface area contributed by atoms with Crippen LogP contribution in [-0.4, -0.2) is 59.7 Å². The standard InChI is InChI=1S/C22H32N4O3S/c1-14(2)12-26-9-10-29-15(13-26)11-23-19(27)8-7-18-24-21(28)20-16-5-3-4-6-17(16)30-22(20)25-18/h14-15H,3-13H2,1-2H3,(H,23,27)(H,24,25,28). The number of amides is 1. The molecule has 0 saturated carbocycles. The van der Waals surface area contributed by atoms with Gasteiger partial charge in [-0.2, -0.15) is 0 Å². The van der Waals surface area contributed by atoms with Gasteiger partial charge < -0.3 is 15.0 Å². The van der Waals surface area contributed by atoms with Gasteiger partial charge in [-0.3, -0.25) is 14.5 Å². The summed E-state index contributed by atoms with van der Waals surface area (Å²) in [5, 5.41) is 3.75. The first-order chi connectivity index (χ1) is 14.5. The maximum absolute atomic E-state index is 12.6. The highest BCUT2D eigenvalue weighted by molar-refractivity contribution is 7.18. The van der Waals surface area contributed by atoms with Gasteiger partial charge in [-0.25, -0.2) is 4.98 Å². The van der Waals surface area contributed by atoms with E-state index in [0.29, 0.717) is 37.7 Å². The number of carbonyl (C=O) groups is 1. The number of nitrogens with zero attached hydrogens (tertiary/aromatic N) is 2. The quantitative estimate of drug-likeness (QED) is 0.701. The van der Waals surface area contributed by atoms with E-state index in [2.05, 4.69) is 34.0 Å². The number of H-pyrrole nitrogens is 1. The zero-order valence-corrected chi connectivity index (χ0v) is 18.8. The second-order valence-corrected chi connectivity index (χ2v) is 9.94. The van der Waals surface area contributed by atoms with Crippen molar-refractivity contribution in [2.24, 2.45) is 5.92 Å². The van der Waals surface area contributed by atoms with E-state index in [9.17, 15) is 9.59 Å². The molecule has 0 radical (unpaired) electrons. The molecule has 30 heavy (non-hydrogen) atoms. The topological polar surface area (TPSA) is 87.3 Å². The Bertz CT molecular complexity index is 952. The number of hydrogen-bond acceptors (Lipinski definition) is 6. The first kappa shape index (κ1) is 21.5. The molecule has 0 spiro atoms. The summed E-state index contributed by atoms with van der Waals surface area (Å²) in [6, 6.07) is 0. The van der Waals surface area contributed by atoms with Gasteiger partial charge in [0.25, 0.3) is 5.56 Å². The summed E-state index contributed by atoms with van der Waals surface area (Å²) in [5.41, 5.74) is 1.13. The SMILES string of the molecule is CC(C)CN1CCOC(CNC(=O)CCc2nc3sc4c(c3c(=O)[nH]2)CCCC4)C1. The number of aryl methyl sites for hydroxylation is 3. The van der Waals surface area contributed by atoms with E-state index < -0.39 is 0 Å². The Kier molecular flexibility index (Phi) is 6.85. The molecule has 4 rings (SSSR count). The predicted molar refractivity (Wildman–Crippen MR) is 119 cm³/mol. The largest absolute Gasteiger partial charge is 0.374 e. The zero-order valence-electron chi connectivity index (χ0n) is 18.0. The second-order valence-electron chi connectivity index (χ2n) is 8.85. The van der Waals surface area contributed by atoms with Crippen LogP contribution in [0.5, 0.6) is 0 Å². The monoisotopic (exact) mass is 432 g/mol. The summed E-state index contributed by atoms with van der Waals surface area (Å²) in [6.07, 6.45) is 5.12. The summed E-state index contributed by atoms with van der Waals surface area (Å²) in [6.45, 7) is 8.53. The Labute approximate surface area is 181 Å². The number of morpholine rings is 1. The number of aromatic amines is 1. The number of nitrogens with one attached hydrogen (secondary N) is 2. The highest BCUT2D eigenvalue weighted by Gasteiger charge is 2.22. The Balaban J connectivity index is 1.30. The summed E-state index contributed by atoms with van der Waals surface area (Å²) < 4.78 is 5.79. The molecule has 1 atom stereocenters. The molecule has 2 aromatic heterocycles. The molecule has 2 aliphatic rings. The molecule has 1 fully saturated rings.